The Kier molecular flexibility index (Phi) is 3.86. The van der Waals surface area contributed by atoms with Gasteiger partial charge in [0.15, 0.2) is 5.03 Å². The molecule has 0 aromatic carbocycles. The number of aliphatic carboxylic acids is 1. The molecular formula is C4H6N5O4-. The average molecular weight is 188 g/mol. The Morgan fingerprint density at radius 2 is 2.08 bits per heavy atom. The summed E-state index contributed by atoms with van der Waals surface area (Å²) in [4.78, 5) is 19.8. The second-order valence-corrected chi connectivity index (χ2v) is 1.83. The number of carbonyl (C=O) groups is 1. The molecule has 0 amide bonds. The Morgan fingerprint density at radius 3 is 2.46 bits per heavy atom. The summed E-state index contributed by atoms with van der Waals surface area (Å²) >= 11 is 0. The lowest BCUT2D eigenvalue weighted by Crippen LogP contribution is -2.36. The summed E-state index contributed by atoms with van der Waals surface area (Å²) < 4.78 is 0. The van der Waals surface area contributed by atoms with E-state index in [1.807, 2.05) is 0 Å². The van der Waals surface area contributed by atoms with Crippen molar-refractivity contribution in [2.45, 2.75) is 6.92 Å². The lowest BCUT2D eigenvalue weighted by molar-refractivity contribution is -0.525. The van der Waals surface area contributed by atoms with Crippen molar-refractivity contribution in [1.82, 2.24) is 5.43 Å². The number of nitrogens with two attached hydrogens (primary N) is 1. The van der Waals surface area contributed by atoms with Gasteiger partial charge in [0, 0.05) is 0 Å². The van der Waals surface area contributed by atoms with Crippen LogP contribution in [0.2, 0.25) is 0 Å². The number of carbonyl (C=O) groups excluding carboxylic acids is 1. The molecule has 0 saturated heterocycles. The number of hydrazine groups is 1. The Hall–Kier alpha value is -2.19. The van der Waals surface area contributed by atoms with Gasteiger partial charge >= 0.3 is 0 Å². The standard InChI is InChI=1S/C4H7N5O4/c1-2(3(10)11)6-7-4(5)8-9(12)13/h1H3,(H,10,11)(H3,5,7,8)/p-1. The molecule has 0 saturated carbocycles. The van der Waals surface area contributed by atoms with Gasteiger partial charge in [0.05, 0.1) is 11.7 Å². The minimum absolute atomic E-state index is 0.437. The van der Waals surface area contributed by atoms with Crippen molar-refractivity contribution in [3.05, 3.63) is 10.1 Å². The molecule has 9 heteroatoms. The maximum absolute atomic E-state index is 10.0. The van der Waals surface area contributed by atoms with Gasteiger partial charge in [-0.25, -0.2) is 10.1 Å². The maximum atomic E-state index is 10.0. The third kappa shape index (κ3) is 5.12. The molecule has 0 fully saturated rings. The predicted molar refractivity (Wildman–Crippen MR) is 39.9 cm³/mol. The van der Waals surface area contributed by atoms with E-state index in [1.54, 1.807) is 0 Å². The van der Waals surface area contributed by atoms with E-state index in [1.165, 1.54) is 5.43 Å². The summed E-state index contributed by atoms with van der Waals surface area (Å²) in [6.45, 7) is 1.11. The fourth-order valence-electron chi connectivity index (χ4n) is 0.286. The molecule has 0 heterocycles. The number of guanidine groups is 1. The highest BCUT2D eigenvalue weighted by molar-refractivity contribution is 6.33. The summed E-state index contributed by atoms with van der Waals surface area (Å²) in [7, 11) is 0. The molecule has 72 valence electrons. The number of hydrogen-bond acceptors (Lipinski definition) is 6. The number of carboxylic acids is 1. The third-order valence-corrected chi connectivity index (χ3v) is 0.809. The van der Waals surface area contributed by atoms with Crippen LogP contribution in [-0.4, -0.2) is 22.7 Å². The van der Waals surface area contributed by atoms with Crippen LogP contribution < -0.4 is 16.3 Å². The quantitative estimate of drug-likeness (QED) is 0.212. The van der Waals surface area contributed by atoms with E-state index in [0.29, 0.717) is 0 Å². The van der Waals surface area contributed by atoms with E-state index in [2.05, 4.69) is 10.2 Å². The molecule has 0 bridgehead atoms. The van der Waals surface area contributed by atoms with Crippen molar-refractivity contribution in [2.75, 3.05) is 0 Å². The Labute approximate surface area is 72.1 Å². The fourth-order valence-corrected chi connectivity index (χ4v) is 0.286. The average Bonchev–Trinajstić information content (AvgIpc) is 1.98. The molecule has 0 aliphatic rings. The molecule has 0 radical (unpaired) electrons. The number of nitrogens with one attached hydrogen (secondary N) is 1. The van der Waals surface area contributed by atoms with Crippen LogP contribution in [0.3, 0.4) is 0 Å². The first-order valence-corrected chi connectivity index (χ1v) is 2.93. The Balaban J connectivity index is 4.33. The largest absolute Gasteiger partial charge is 0.543 e. The number of rotatable bonds is 3. The Morgan fingerprint density at radius 1 is 1.54 bits per heavy atom. The highest BCUT2D eigenvalue weighted by atomic mass is 16.7. The monoisotopic (exact) mass is 188 g/mol. The lowest BCUT2D eigenvalue weighted by atomic mass is 10.4. The third-order valence-electron chi connectivity index (χ3n) is 0.809. The molecule has 0 rings (SSSR count). The van der Waals surface area contributed by atoms with Crippen LogP contribution in [0.15, 0.2) is 10.2 Å². The van der Waals surface area contributed by atoms with Crippen LogP contribution in [0.25, 0.3) is 0 Å². The van der Waals surface area contributed by atoms with E-state index < -0.39 is 22.7 Å². The van der Waals surface area contributed by atoms with Crippen molar-refractivity contribution >= 4 is 17.6 Å². The van der Waals surface area contributed by atoms with Gasteiger partial charge in [-0.1, -0.05) is 5.43 Å². The molecule has 0 unspecified atom stereocenters. The molecule has 9 nitrogen and oxygen atoms in total. The van der Waals surface area contributed by atoms with E-state index in [4.69, 9.17) is 5.73 Å². The van der Waals surface area contributed by atoms with Gasteiger partial charge in [0.1, 0.15) is 0 Å². The van der Waals surface area contributed by atoms with Gasteiger partial charge < -0.3 is 15.6 Å². The zero-order valence-electron chi connectivity index (χ0n) is 6.55. The molecule has 0 aromatic rings. The smallest absolute Gasteiger partial charge is 0.275 e. The summed E-state index contributed by atoms with van der Waals surface area (Å²) in [6.07, 6.45) is 0. The second kappa shape index (κ2) is 4.64. The molecule has 13 heavy (non-hydrogen) atoms. The van der Waals surface area contributed by atoms with Crippen molar-refractivity contribution in [2.24, 2.45) is 15.9 Å². The summed E-state index contributed by atoms with van der Waals surface area (Å²) in [5.74, 6) is -2.15. The number of carboxylic acid groups (broad SMARTS) is 1. The van der Waals surface area contributed by atoms with Gasteiger partial charge in [-0.3, -0.25) is 0 Å². The van der Waals surface area contributed by atoms with E-state index in [9.17, 15) is 20.0 Å². The first-order valence-electron chi connectivity index (χ1n) is 2.93. The topological polar surface area (TPSA) is 146 Å². The van der Waals surface area contributed by atoms with Gasteiger partial charge in [0.2, 0.25) is 0 Å². The van der Waals surface area contributed by atoms with Crippen LogP contribution in [0.1, 0.15) is 6.92 Å². The lowest BCUT2D eigenvalue weighted by Gasteiger charge is -1.96. The van der Waals surface area contributed by atoms with Crippen molar-refractivity contribution in [3.8, 4) is 0 Å². The van der Waals surface area contributed by atoms with Crippen LogP contribution in [-0.2, 0) is 4.79 Å². The van der Waals surface area contributed by atoms with Crippen LogP contribution in [0.5, 0.6) is 0 Å². The highest BCUT2D eigenvalue weighted by Gasteiger charge is 1.97. The number of nitrogens with zero attached hydrogens (tertiary/aromatic N) is 3. The molecule has 0 aliphatic heterocycles. The van der Waals surface area contributed by atoms with E-state index in [0.717, 1.165) is 6.92 Å². The van der Waals surface area contributed by atoms with Crippen LogP contribution >= 0.6 is 0 Å². The number of nitro groups is 1. The fraction of sp³-hybridized carbons (Fsp3) is 0.250. The SMILES string of the molecule is CC(=NN=C(N)N[N+](=O)[O-])C(=O)[O-]. The van der Waals surface area contributed by atoms with Crippen molar-refractivity contribution < 1.29 is 14.9 Å². The predicted octanol–water partition coefficient (Wildman–Crippen LogP) is -2.79. The first-order chi connectivity index (χ1) is 5.93. The highest BCUT2D eigenvalue weighted by Crippen LogP contribution is 1.77. The second-order valence-electron chi connectivity index (χ2n) is 1.83. The van der Waals surface area contributed by atoms with Crippen LogP contribution in [0.4, 0.5) is 0 Å². The van der Waals surface area contributed by atoms with Crippen molar-refractivity contribution in [1.29, 1.82) is 0 Å². The Bertz CT molecular complexity index is 282. The zero-order valence-corrected chi connectivity index (χ0v) is 6.55. The first kappa shape index (κ1) is 10.8. The van der Waals surface area contributed by atoms with Gasteiger partial charge in [-0.2, -0.15) is 5.10 Å². The molecular weight excluding hydrogens is 182 g/mol. The van der Waals surface area contributed by atoms with Gasteiger partial charge in [-0.05, 0) is 6.92 Å². The maximum Gasteiger partial charge on any atom is 0.275 e. The number of hydrogen-bond donors (Lipinski definition) is 2. The minimum atomic E-state index is -1.53. The molecule has 0 atom stereocenters. The summed E-state index contributed by atoms with van der Waals surface area (Å²) in [5, 5.41) is 24.8. The molecule has 0 spiro atoms. The van der Waals surface area contributed by atoms with E-state index >= 15 is 0 Å². The summed E-state index contributed by atoms with van der Waals surface area (Å²) in [6, 6.07) is 0. The molecule has 0 aliphatic carbocycles. The minimum Gasteiger partial charge on any atom is -0.543 e. The molecule has 0 aromatic heterocycles. The van der Waals surface area contributed by atoms with Gasteiger partial charge in [-0.15, -0.1) is 5.10 Å². The van der Waals surface area contributed by atoms with Gasteiger partial charge in [0.25, 0.3) is 5.96 Å². The zero-order chi connectivity index (χ0) is 10.4. The van der Waals surface area contributed by atoms with E-state index in [-0.39, 0.29) is 0 Å². The molecule has 3 N–H and O–H groups in total. The van der Waals surface area contributed by atoms with Crippen LogP contribution in [0, 0.1) is 10.1 Å². The summed E-state index contributed by atoms with van der Waals surface area (Å²) in [5.41, 5.74) is 5.93. The van der Waals surface area contributed by atoms with Crippen molar-refractivity contribution in [3.63, 3.8) is 0 Å². The normalized spacial score (nSPS) is 12.4.